The molecule has 1 amide bonds. The predicted octanol–water partition coefficient (Wildman–Crippen LogP) is 1.95. The van der Waals surface area contributed by atoms with E-state index in [1.807, 2.05) is 6.07 Å². The van der Waals surface area contributed by atoms with Gasteiger partial charge in [-0.05, 0) is 18.9 Å². The number of methoxy groups -OCH3 is 1. The fourth-order valence-corrected chi connectivity index (χ4v) is 2.29. The molecular formula is C12H16N2O3. The third kappa shape index (κ3) is 2.49. The zero-order valence-corrected chi connectivity index (χ0v) is 9.80. The number of aromatic nitrogens is 1. The zero-order valence-electron chi connectivity index (χ0n) is 9.80. The summed E-state index contributed by atoms with van der Waals surface area (Å²) in [5.41, 5.74) is 1.00. The minimum Gasteiger partial charge on any atom is -0.496 e. The molecule has 5 nitrogen and oxygen atoms in total. The topological polar surface area (TPSA) is 62.7 Å². The van der Waals surface area contributed by atoms with E-state index in [-0.39, 0.29) is 5.92 Å². The van der Waals surface area contributed by atoms with E-state index in [1.165, 1.54) is 4.90 Å². The molecule has 92 valence electrons. The minimum absolute atomic E-state index is 0.184. The maximum absolute atomic E-state index is 11.0. The first kappa shape index (κ1) is 11.7. The normalized spacial score (nSPS) is 20.1. The predicted molar refractivity (Wildman–Crippen MR) is 62.4 cm³/mol. The van der Waals surface area contributed by atoms with Crippen molar-refractivity contribution in [2.45, 2.75) is 18.8 Å². The Bertz CT molecular complexity index is 408. The molecule has 0 radical (unpaired) electrons. The van der Waals surface area contributed by atoms with Gasteiger partial charge in [0.1, 0.15) is 5.75 Å². The van der Waals surface area contributed by atoms with Gasteiger partial charge in [-0.25, -0.2) is 4.79 Å². The van der Waals surface area contributed by atoms with Gasteiger partial charge in [-0.2, -0.15) is 0 Å². The van der Waals surface area contributed by atoms with E-state index in [2.05, 4.69) is 4.98 Å². The first-order chi connectivity index (χ1) is 8.22. The van der Waals surface area contributed by atoms with Crippen LogP contribution in [0.25, 0.3) is 0 Å². The number of amides is 1. The zero-order chi connectivity index (χ0) is 12.3. The van der Waals surface area contributed by atoms with Crippen molar-refractivity contribution in [2.75, 3.05) is 20.2 Å². The molecule has 2 rings (SSSR count). The first-order valence-electron chi connectivity index (χ1n) is 5.68. The maximum Gasteiger partial charge on any atom is 0.407 e. The molecule has 1 aromatic rings. The Morgan fingerprint density at radius 3 is 3.18 bits per heavy atom. The van der Waals surface area contributed by atoms with Crippen LogP contribution in [0.1, 0.15) is 24.3 Å². The Hall–Kier alpha value is -1.78. The number of nitrogens with zero attached hydrogens (tertiary/aromatic N) is 2. The molecule has 1 N–H and O–H groups in total. The molecule has 0 spiro atoms. The van der Waals surface area contributed by atoms with Crippen LogP contribution in [0.2, 0.25) is 0 Å². The van der Waals surface area contributed by atoms with Gasteiger partial charge in [0.25, 0.3) is 0 Å². The number of piperidine rings is 1. The molecule has 17 heavy (non-hydrogen) atoms. The first-order valence-corrected chi connectivity index (χ1v) is 5.68. The van der Waals surface area contributed by atoms with Gasteiger partial charge in [0.2, 0.25) is 0 Å². The monoisotopic (exact) mass is 236 g/mol. The summed E-state index contributed by atoms with van der Waals surface area (Å²) in [5, 5.41) is 9.01. The fraction of sp³-hybridized carbons (Fsp3) is 0.500. The van der Waals surface area contributed by atoms with E-state index in [0.717, 1.165) is 24.2 Å². The highest BCUT2D eigenvalue weighted by atomic mass is 16.5. The van der Waals surface area contributed by atoms with Crippen LogP contribution in [-0.4, -0.2) is 41.3 Å². The third-order valence-electron chi connectivity index (χ3n) is 3.16. The van der Waals surface area contributed by atoms with Crippen LogP contribution < -0.4 is 4.74 Å². The Labute approximate surface area is 100 Å². The van der Waals surface area contributed by atoms with Crippen molar-refractivity contribution in [3.05, 3.63) is 24.0 Å². The second kappa shape index (κ2) is 5.03. The standard InChI is InChI=1S/C12H16N2O3/c1-17-11-4-5-13-7-10(11)9-3-2-6-14(8-9)12(15)16/h4-5,7,9H,2-3,6,8H2,1H3,(H,15,16). The highest BCUT2D eigenvalue weighted by Gasteiger charge is 2.26. The Balaban J connectivity index is 2.18. The molecule has 0 saturated carbocycles. The van der Waals surface area contributed by atoms with Gasteiger partial charge in [-0.1, -0.05) is 0 Å². The van der Waals surface area contributed by atoms with Crippen LogP contribution in [0.5, 0.6) is 5.75 Å². The van der Waals surface area contributed by atoms with Gasteiger partial charge in [0.05, 0.1) is 7.11 Å². The Morgan fingerprint density at radius 1 is 1.65 bits per heavy atom. The molecule has 0 aromatic carbocycles. The number of hydrogen-bond donors (Lipinski definition) is 1. The lowest BCUT2D eigenvalue weighted by atomic mass is 9.91. The molecule has 2 heterocycles. The summed E-state index contributed by atoms with van der Waals surface area (Å²) >= 11 is 0. The number of pyridine rings is 1. The molecule has 5 heteroatoms. The average Bonchev–Trinajstić information content (AvgIpc) is 2.39. The lowest BCUT2D eigenvalue weighted by molar-refractivity contribution is 0.130. The van der Waals surface area contributed by atoms with Gasteiger partial charge in [-0.15, -0.1) is 0 Å². The van der Waals surface area contributed by atoms with Crippen molar-refractivity contribution < 1.29 is 14.6 Å². The van der Waals surface area contributed by atoms with E-state index >= 15 is 0 Å². The van der Waals surface area contributed by atoms with Crippen LogP contribution in [0.15, 0.2) is 18.5 Å². The molecular weight excluding hydrogens is 220 g/mol. The number of hydrogen-bond acceptors (Lipinski definition) is 3. The number of rotatable bonds is 2. The summed E-state index contributed by atoms with van der Waals surface area (Å²) in [4.78, 5) is 16.5. The van der Waals surface area contributed by atoms with Gasteiger partial charge in [-0.3, -0.25) is 4.98 Å². The lowest BCUT2D eigenvalue weighted by Gasteiger charge is -2.31. The summed E-state index contributed by atoms with van der Waals surface area (Å²) in [6.07, 6.45) is 4.47. The lowest BCUT2D eigenvalue weighted by Crippen LogP contribution is -2.38. The van der Waals surface area contributed by atoms with Crippen molar-refractivity contribution in [1.82, 2.24) is 9.88 Å². The molecule has 0 bridgehead atoms. The number of likely N-dealkylation sites (tertiary alicyclic amines) is 1. The molecule has 1 unspecified atom stereocenters. The minimum atomic E-state index is -0.849. The van der Waals surface area contributed by atoms with Crippen molar-refractivity contribution >= 4 is 6.09 Å². The largest absolute Gasteiger partial charge is 0.496 e. The maximum atomic E-state index is 11.0. The van der Waals surface area contributed by atoms with Crippen LogP contribution in [0.4, 0.5) is 4.79 Å². The van der Waals surface area contributed by atoms with E-state index in [9.17, 15) is 4.79 Å². The number of carboxylic acid groups (broad SMARTS) is 1. The average molecular weight is 236 g/mol. The quantitative estimate of drug-likeness (QED) is 0.852. The van der Waals surface area contributed by atoms with Crippen LogP contribution in [-0.2, 0) is 0 Å². The van der Waals surface area contributed by atoms with Gasteiger partial charge in [0, 0.05) is 37.0 Å². The van der Waals surface area contributed by atoms with Crippen molar-refractivity contribution in [2.24, 2.45) is 0 Å². The van der Waals surface area contributed by atoms with Crippen LogP contribution in [0.3, 0.4) is 0 Å². The summed E-state index contributed by atoms with van der Waals surface area (Å²) in [6, 6.07) is 1.81. The van der Waals surface area contributed by atoms with Crippen molar-refractivity contribution in [3.8, 4) is 5.75 Å². The van der Waals surface area contributed by atoms with Gasteiger partial charge in [0.15, 0.2) is 0 Å². The van der Waals surface area contributed by atoms with Gasteiger partial charge >= 0.3 is 6.09 Å². The van der Waals surface area contributed by atoms with Crippen LogP contribution >= 0.6 is 0 Å². The van der Waals surface area contributed by atoms with Crippen molar-refractivity contribution in [3.63, 3.8) is 0 Å². The second-order valence-corrected chi connectivity index (χ2v) is 4.19. The Morgan fingerprint density at radius 2 is 2.47 bits per heavy atom. The molecule has 1 atom stereocenters. The summed E-state index contributed by atoms with van der Waals surface area (Å²) < 4.78 is 5.29. The molecule has 1 aromatic heterocycles. The van der Waals surface area contributed by atoms with Gasteiger partial charge < -0.3 is 14.7 Å². The SMILES string of the molecule is COc1ccncc1C1CCCN(C(=O)O)C1. The molecule has 1 aliphatic rings. The number of carbonyl (C=O) groups is 1. The molecule has 1 fully saturated rings. The van der Waals surface area contributed by atoms with E-state index in [0.29, 0.717) is 13.1 Å². The second-order valence-electron chi connectivity index (χ2n) is 4.19. The van der Waals surface area contributed by atoms with E-state index in [1.54, 1.807) is 19.5 Å². The van der Waals surface area contributed by atoms with E-state index in [4.69, 9.17) is 9.84 Å². The Kier molecular flexibility index (Phi) is 3.46. The molecule has 0 aliphatic carbocycles. The van der Waals surface area contributed by atoms with Crippen molar-refractivity contribution in [1.29, 1.82) is 0 Å². The van der Waals surface area contributed by atoms with Crippen LogP contribution in [0, 0.1) is 0 Å². The number of ether oxygens (including phenoxy) is 1. The highest BCUT2D eigenvalue weighted by molar-refractivity contribution is 5.65. The highest BCUT2D eigenvalue weighted by Crippen LogP contribution is 2.32. The fourth-order valence-electron chi connectivity index (χ4n) is 2.29. The smallest absolute Gasteiger partial charge is 0.407 e. The molecule has 1 aliphatic heterocycles. The summed E-state index contributed by atoms with van der Waals surface area (Å²) in [7, 11) is 1.62. The van der Waals surface area contributed by atoms with E-state index < -0.39 is 6.09 Å². The summed E-state index contributed by atoms with van der Waals surface area (Å²) in [5.74, 6) is 0.973. The third-order valence-corrected chi connectivity index (χ3v) is 3.16. The molecule has 1 saturated heterocycles. The summed E-state index contributed by atoms with van der Waals surface area (Å²) in [6.45, 7) is 1.14.